The van der Waals surface area contributed by atoms with Crippen LogP contribution in [-0.2, 0) is 6.54 Å². The van der Waals surface area contributed by atoms with Crippen molar-refractivity contribution in [3.63, 3.8) is 0 Å². The van der Waals surface area contributed by atoms with E-state index in [-0.39, 0.29) is 28.9 Å². The Morgan fingerprint density at radius 1 is 1.07 bits per heavy atom. The molecule has 0 spiro atoms. The van der Waals surface area contributed by atoms with Crippen molar-refractivity contribution in [2.24, 2.45) is 11.7 Å². The molecule has 0 aliphatic carbocycles. The Hall–Kier alpha value is -2.29. The first kappa shape index (κ1) is 22.0. The lowest BCUT2D eigenvalue weighted by molar-refractivity contribution is 0.484. The predicted octanol–water partition coefficient (Wildman–Crippen LogP) is 3.20. The fraction of sp³-hybridized carbons (Fsp3) is 0.350. The second-order valence-electron chi connectivity index (χ2n) is 6.91. The normalized spacial score (nSPS) is 12.0. The maximum atomic E-state index is 14.4. The minimum absolute atomic E-state index is 0.0258. The molecule has 0 bridgehead atoms. The lowest BCUT2D eigenvalue weighted by Gasteiger charge is -2.22. The zero-order chi connectivity index (χ0) is 20.5. The Morgan fingerprint density at radius 2 is 1.79 bits per heavy atom. The van der Waals surface area contributed by atoms with Gasteiger partial charge in [0.1, 0.15) is 11.6 Å². The van der Waals surface area contributed by atoms with E-state index in [0.29, 0.717) is 12.5 Å². The molecule has 0 saturated heterocycles. The number of rotatable bonds is 10. The van der Waals surface area contributed by atoms with Crippen LogP contribution < -0.4 is 27.2 Å². The molecule has 0 unspecified atom stereocenters. The molecule has 0 fully saturated rings. The van der Waals surface area contributed by atoms with E-state index in [4.69, 9.17) is 5.73 Å². The van der Waals surface area contributed by atoms with Crippen LogP contribution in [0.25, 0.3) is 0 Å². The quantitative estimate of drug-likeness (QED) is 0.308. The first-order valence-electron chi connectivity index (χ1n) is 9.15. The maximum absolute atomic E-state index is 14.4. The van der Waals surface area contributed by atoms with Crippen LogP contribution in [0, 0.1) is 17.6 Å². The van der Waals surface area contributed by atoms with Crippen molar-refractivity contribution in [2.45, 2.75) is 26.4 Å². The van der Waals surface area contributed by atoms with Crippen molar-refractivity contribution in [1.29, 1.82) is 0 Å². The SMILES string of the molecule is CC(C)CN[C@@H](CNc1cc(F)c(CNNC(N)=S)cc1F)c1ccccc1. The summed E-state index contributed by atoms with van der Waals surface area (Å²) in [7, 11) is 0. The van der Waals surface area contributed by atoms with E-state index < -0.39 is 11.6 Å². The molecule has 0 heterocycles. The Labute approximate surface area is 170 Å². The molecule has 0 amide bonds. The third-order valence-corrected chi connectivity index (χ3v) is 4.20. The number of benzene rings is 2. The summed E-state index contributed by atoms with van der Waals surface area (Å²) in [5.74, 6) is -0.570. The van der Waals surface area contributed by atoms with Crippen molar-refractivity contribution in [1.82, 2.24) is 16.2 Å². The Morgan fingerprint density at radius 3 is 2.43 bits per heavy atom. The average Bonchev–Trinajstić information content (AvgIpc) is 2.65. The summed E-state index contributed by atoms with van der Waals surface area (Å²) in [6.45, 7) is 5.53. The van der Waals surface area contributed by atoms with Crippen molar-refractivity contribution in [3.05, 3.63) is 65.2 Å². The first-order chi connectivity index (χ1) is 13.4. The fourth-order valence-corrected chi connectivity index (χ4v) is 2.74. The summed E-state index contributed by atoms with van der Waals surface area (Å²) < 4.78 is 28.7. The number of hydrogen-bond donors (Lipinski definition) is 5. The highest BCUT2D eigenvalue weighted by atomic mass is 32.1. The van der Waals surface area contributed by atoms with Crippen molar-refractivity contribution in [2.75, 3.05) is 18.4 Å². The van der Waals surface area contributed by atoms with E-state index in [1.165, 1.54) is 0 Å². The largest absolute Gasteiger partial charge is 0.381 e. The van der Waals surface area contributed by atoms with E-state index in [1.54, 1.807) is 0 Å². The molecular formula is C20H27F2N5S. The monoisotopic (exact) mass is 407 g/mol. The van der Waals surface area contributed by atoms with Gasteiger partial charge in [-0.1, -0.05) is 44.2 Å². The lowest BCUT2D eigenvalue weighted by atomic mass is 10.1. The summed E-state index contributed by atoms with van der Waals surface area (Å²) >= 11 is 4.65. The highest BCUT2D eigenvalue weighted by molar-refractivity contribution is 7.80. The number of hydrogen-bond acceptors (Lipinski definition) is 4. The highest BCUT2D eigenvalue weighted by Gasteiger charge is 2.14. The topological polar surface area (TPSA) is 74.1 Å². The molecule has 0 saturated carbocycles. The fourth-order valence-electron chi connectivity index (χ4n) is 2.67. The predicted molar refractivity (Wildman–Crippen MR) is 114 cm³/mol. The van der Waals surface area contributed by atoms with Gasteiger partial charge in [-0.25, -0.2) is 14.2 Å². The second-order valence-corrected chi connectivity index (χ2v) is 7.35. The molecule has 28 heavy (non-hydrogen) atoms. The van der Waals surface area contributed by atoms with Gasteiger partial charge in [0.25, 0.3) is 0 Å². The van der Waals surface area contributed by atoms with Gasteiger partial charge in [0, 0.05) is 30.8 Å². The highest BCUT2D eigenvalue weighted by Crippen LogP contribution is 2.21. The van der Waals surface area contributed by atoms with Gasteiger partial charge in [0.2, 0.25) is 0 Å². The molecule has 0 aliphatic heterocycles. The zero-order valence-corrected chi connectivity index (χ0v) is 16.9. The summed E-state index contributed by atoms with van der Waals surface area (Å²) in [5.41, 5.74) is 11.8. The van der Waals surface area contributed by atoms with E-state index in [1.807, 2.05) is 30.3 Å². The first-order valence-corrected chi connectivity index (χ1v) is 9.56. The number of thiocarbonyl (C=S) groups is 1. The molecule has 0 radical (unpaired) electrons. The summed E-state index contributed by atoms with van der Waals surface area (Å²) in [6.07, 6.45) is 0. The van der Waals surface area contributed by atoms with Crippen molar-refractivity contribution >= 4 is 23.0 Å². The van der Waals surface area contributed by atoms with Gasteiger partial charge in [-0.15, -0.1) is 0 Å². The number of hydrazine groups is 1. The molecule has 8 heteroatoms. The third-order valence-electron chi connectivity index (χ3n) is 4.10. The van der Waals surface area contributed by atoms with Crippen LogP contribution in [-0.4, -0.2) is 18.2 Å². The molecule has 2 aromatic rings. The second kappa shape index (κ2) is 10.9. The molecule has 6 N–H and O–H groups in total. The number of halogens is 2. The molecule has 1 atom stereocenters. The van der Waals surface area contributed by atoms with Crippen LogP contribution in [0.4, 0.5) is 14.5 Å². The third kappa shape index (κ3) is 7.03. The van der Waals surface area contributed by atoms with Gasteiger partial charge in [-0.05, 0) is 36.3 Å². The number of nitrogens with one attached hydrogen (secondary N) is 4. The summed E-state index contributed by atoms with van der Waals surface area (Å²) in [6, 6.07) is 12.2. The number of nitrogens with two attached hydrogens (primary N) is 1. The van der Waals surface area contributed by atoms with E-state index >= 15 is 0 Å². The van der Waals surface area contributed by atoms with Crippen LogP contribution in [0.3, 0.4) is 0 Å². The molecule has 2 rings (SSSR count). The van der Waals surface area contributed by atoms with E-state index in [0.717, 1.165) is 24.2 Å². The Bertz CT molecular complexity index is 771. The summed E-state index contributed by atoms with van der Waals surface area (Å²) in [5, 5.41) is 6.52. The van der Waals surface area contributed by atoms with Gasteiger partial charge in [0.05, 0.1) is 5.69 Å². The van der Waals surface area contributed by atoms with Gasteiger partial charge in [-0.3, -0.25) is 5.43 Å². The molecule has 2 aromatic carbocycles. The van der Waals surface area contributed by atoms with E-state index in [9.17, 15) is 8.78 Å². The number of anilines is 1. The van der Waals surface area contributed by atoms with Gasteiger partial charge >= 0.3 is 0 Å². The van der Waals surface area contributed by atoms with Crippen LogP contribution in [0.2, 0.25) is 0 Å². The molecular weight excluding hydrogens is 380 g/mol. The van der Waals surface area contributed by atoms with Crippen LogP contribution in [0.5, 0.6) is 0 Å². The van der Waals surface area contributed by atoms with Gasteiger partial charge in [-0.2, -0.15) is 0 Å². The van der Waals surface area contributed by atoms with Gasteiger partial charge in [0.15, 0.2) is 5.11 Å². The Kier molecular flexibility index (Phi) is 8.56. The van der Waals surface area contributed by atoms with Crippen LogP contribution in [0.1, 0.15) is 31.0 Å². The smallest absolute Gasteiger partial charge is 0.178 e. The standard InChI is InChI=1S/C20H27F2N5S/c1-13(2)10-24-19(14-6-4-3-5-7-14)12-25-18-9-16(21)15(8-17(18)22)11-26-27-20(23)28/h3-9,13,19,24-26H,10-12H2,1-2H3,(H3,23,27,28)/t19-/m0/s1. The van der Waals surface area contributed by atoms with Crippen molar-refractivity contribution in [3.8, 4) is 0 Å². The molecule has 0 aromatic heterocycles. The Balaban J connectivity index is 2.05. The maximum Gasteiger partial charge on any atom is 0.178 e. The van der Waals surface area contributed by atoms with Crippen molar-refractivity contribution < 1.29 is 8.78 Å². The summed E-state index contributed by atoms with van der Waals surface area (Å²) in [4.78, 5) is 0. The van der Waals surface area contributed by atoms with Crippen LogP contribution >= 0.6 is 12.2 Å². The molecule has 0 aliphatic rings. The average molecular weight is 408 g/mol. The zero-order valence-electron chi connectivity index (χ0n) is 16.1. The minimum atomic E-state index is -0.524. The minimum Gasteiger partial charge on any atom is -0.381 e. The van der Waals surface area contributed by atoms with Crippen LogP contribution in [0.15, 0.2) is 42.5 Å². The van der Waals surface area contributed by atoms with E-state index in [2.05, 4.69) is 47.6 Å². The lowest BCUT2D eigenvalue weighted by Crippen LogP contribution is -2.40. The molecule has 5 nitrogen and oxygen atoms in total. The molecule has 152 valence electrons. The van der Waals surface area contributed by atoms with Gasteiger partial charge < -0.3 is 16.4 Å².